The number of hydrogen-bond acceptors (Lipinski definition) is 3. The van der Waals surface area contributed by atoms with Crippen LogP contribution in [0.1, 0.15) is 11.3 Å². The van der Waals surface area contributed by atoms with Crippen LogP contribution < -0.4 is 4.74 Å². The lowest BCUT2D eigenvalue weighted by Crippen LogP contribution is -2.19. The molecule has 0 spiro atoms. The van der Waals surface area contributed by atoms with Gasteiger partial charge in [-0.15, -0.1) is 0 Å². The third kappa shape index (κ3) is 4.70. The largest absolute Gasteiger partial charge is 0.484 e. The SMILES string of the molecule is Cc1c(OCC(F)(F)F)ccnc1CS(=O)O. The predicted molar refractivity (Wildman–Crippen MR) is 55.0 cm³/mol. The van der Waals surface area contributed by atoms with Crippen LogP contribution in [0.15, 0.2) is 12.3 Å². The lowest BCUT2D eigenvalue weighted by Gasteiger charge is -2.12. The molecule has 0 aliphatic heterocycles. The van der Waals surface area contributed by atoms with Crippen molar-refractivity contribution < 1.29 is 26.7 Å². The van der Waals surface area contributed by atoms with Crippen LogP contribution >= 0.6 is 0 Å². The van der Waals surface area contributed by atoms with Crippen LogP contribution in [0.25, 0.3) is 0 Å². The van der Waals surface area contributed by atoms with Crippen molar-refractivity contribution in [3.63, 3.8) is 0 Å². The minimum atomic E-state index is -4.42. The molecule has 0 aliphatic carbocycles. The summed E-state index contributed by atoms with van der Waals surface area (Å²) in [7, 11) is 0. The number of ether oxygens (including phenoxy) is 1. The minimum Gasteiger partial charge on any atom is -0.484 e. The van der Waals surface area contributed by atoms with Gasteiger partial charge in [0.1, 0.15) is 5.75 Å². The van der Waals surface area contributed by atoms with Crippen LogP contribution in [-0.4, -0.2) is 26.5 Å². The molecule has 1 atom stereocenters. The van der Waals surface area contributed by atoms with Crippen LogP contribution in [0.4, 0.5) is 13.2 Å². The first-order valence-electron chi connectivity index (χ1n) is 4.51. The quantitative estimate of drug-likeness (QED) is 0.850. The summed E-state index contributed by atoms with van der Waals surface area (Å²) in [5.41, 5.74) is 0.574. The van der Waals surface area contributed by atoms with Gasteiger partial charge in [-0.25, -0.2) is 4.21 Å². The van der Waals surface area contributed by atoms with Gasteiger partial charge in [0.2, 0.25) is 0 Å². The maximum atomic E-state index is 12.0. The predicted octanol–water partition coefficient (Wildman–Crippen LogP) is 2.05. The number of hydrogen-bond donors (Lipinski definition) is 1. The summed E-state index contributed by atoms with van der Waals surface area (Å²) >= 11 is -2.10. The minimum absolute atomic E-state index is 0.0118. The Kier molecular flexibility index (Phi) is 4.47. The zero-order chi connectivity index (χ0) is 13.1. The molecule has 0 amide bonds. The van der Waals surface area contributed by atoms with E-state index in [4.69, 9.17) is 4.55 Å². The lowest BCUT2D eigenvalue weighted by atomic mass is 10.2. The Labute approximate surface area is 98.1 Å². The van der Waals surface area contributed by atoms with Crippen LogP contribution in [0.5, 0.6) is 5.75 Å². The highest BCUT2D eigenvalue weighted by Crippen LogP contribution is 2.23. The fourth-order valence-corrected chi connectivity index (χ4v) is 1.66. The van der Waals surface area contributed by atoms with Crippen molar-refractivity contribution >= 4 is 11.1 Å². The lowest BCUT2D eigenvalue weighted by molar-refractivity contribution is -0.153. The van der Waals surface area contributed by atoms with Gasteiger partial charge in [-0.1, -0.05) is 0 Å². The average Bonchev–Trinajstić information content (AvgIpc) is 2.17. The smallest absolute Gasteiger partial charge is 0.422 e. The van der Waals surface area contributed by atoms with E-state index in [0.717, 1.165) is 0 Å². The van der Waals surface area contributed by atoms with Crippen molar-refractivity contribution in [2.75, 3.05) is 6.61 Å². The molecule has 0 bridgehead atoms. The molecular weight excluding hydrogens is 259 g/mol. The first-order valence-corrected chi connectivity index (χ1v) is 5.78. The van der Waals surface area contributed by atoms with Crippen LogP contribution in [-0.2, 0) is 16.8 Å². The molecule has 0 saturated carbocycles. The van der Waals surface area contributed by atoms with Gasteiger partial charge in [0, 0.05) is 11.8 Å². The van der Waals surface area contributed by atoms with E-state index in [1.165, 1.54) is 19.2 Å². The molecule has 0 saturated heterocycles. The van der Waals surface area contributed by atoms with Gasteiger partial charge in [-0.3, -0.25) is 4.98 Å². The van der Waals surface area contributed by atoms with Gasteiger partial charge in [-0.2, -0.15) is 13.2 Å². The average molecular weight is 269 g/mol. The van der Waals surface area contributed by atoms with Crippen molar-refractivity contribution in [1.82, 2.24) is 4.98 Å². The van der Waals surface area contributed by atoms with Crippen molar-refractivity contribution in [3.8, 4) is 5.75 Å². The second-order valence-corrected chi connectivity index (χ2v) is 4.18. The van der Waals surface area contributed by atoms with Crippen molar-refractivity contribution in [1.29, 1.82) is 0 Å². The van der Waals surface area contributed by atoms with Gasteiger partial charge >= 0.3 is 6.18 Å². The fourth-order valence-electron chi connectivity index (χ4n) is 1.14. The monoisotopic (exact) mass is 269 g/mol. The molecule has 1 aromatic heterocycles. The summed E-state index contributed by atoms with van der Waals surface area (Å²) in [5, 5.41) is 0. The Morgan fingerprint density at radius 2 is 2.18 bits per heavy atom. The highest BCUT2D eigenvalue weighted by atomic mass is 32.2. The highest BCUT2D eigenvalue weighted by molar-refractivity contribution is 7.78. The van der Waals surface area contributed by atoms with Crippen LogP contribution in [0.2, 0.25) is 0 Å². The Balaban J connectivity index is 2.83. The van der Waals surface area contributed by atoms with E-state index >= 15 is 0 Å². The Morgan fingerprint density at radius 3 is 2.71 bits per heavy atom. The molecule has 1 aromatic rings. The Morgan fingerprint density at radius 1 is 1.53 bits per heavy atom. The number of alkyl halides is 3. The summed E-state index contributed by atoms with van der Waals surface area (Å²) in [5.74, 6) is -0.229. The zero-order valence-electron chi connectivity index (χ0n) is 8.82. The first kappa shape index (κ1) is 13.9. The summed E-state index contributed by atoms with van der Waals surface area (Å²) in [6.45, 7) is 0.0837. The molecule has 1 heterocycles. The van der Waals surface area contributed by atoms with Crippen molar-refractivity contribution in [3.05, 3.63) is 23.5 Å². The number of nitrogens with zero attached hydrogens (tertiary/aromatic N) is 1. The number of rotatable bonds is 4. The number of pyridine rings is 1. The molecule has 0 fully saturated rings. The summed E-state index contributed by atoms with van der Waals surface area (Å²) in [4.78, 5) is 3.81. The molecule has 96 valence electrons. The number of halogens is 3. The molecule has 0 aliphatic rings. The van der Waals surface area contributed by atoms with Gasteiger partial charge < -0.3 is 9.29 Å². The summed E-state index contributed by atoms with van der Waals surface area (Å²) in [6, 6.07) is 1.28. The van der Waals surface area contributed by atoms with E-state index in [-0.39, 0.29) is 17.2 Å². The van der Waals surface area contributed by atoms with E-state index in [1.807, 2.05) is 0 Å². The summed E-state index contributed by atoms with van der Waals surface area (Å²) in [6.07, 6.45) is -3.18. The second kappa shape index (κ2) is 5.46. The normalized spacial score (nSPS) is 13.5. The van der Waals surface area contributed by atoms with Gasteiger partial charge in [0.05, 0.1) is 11.4 Å². The van der Waals surface area contributed by atoms with E-state index in [9.17, 15) is 17.4 Å². The van der Waals surface area contributed by atoms with E-state index in [0.29, 0.717) is 5.56 Å². The maximum absolute atomic E-state index is 12.0. The summed E-state index contributed by atoms with van der Waals surface area (Å²) < 4.78 is 59.7. The Bertz CT molecular complexity index is 422. The third-order valence-electron chi connectivity index (χ3n) is 1.91. The standard InChI is InChI=1S/C9H10F3NO3S/c1-6-7(4-17(14)15)13-3-2-8(6)16-5-9(10,11)12/h2-3H,4-5H2,1H3,(H,14,15). The molecular formula is C9H10F3NO3S. The molecule has 1 rings (SSSR count). The van der Waals surface area contributed by atoms with Gasteiger partial charge in [0.25, 0.3) is 0 Å². The first-order chi connectivity index (χ1) is 7.79. The molecule has 0 radical (unpaired) electrons. The molecule has 0 aromatic carbocycles. The maximum Gasteiger partial charge on any atom is 0.422 e. The molecule has 8 heteroatoms. The second-order valence-electron chi connectivity index (χ2n) is 3.25. The van der Waals surface area contributed by atoms with E-state index < -0.39 is 23.9 Å². The fraction of sp³-hybridized carbons (Fsp3) is 0.444. The van der Waals surface area contributed by atoms with Gasteiger partial charge in [-0.05, 0) is 13.0 Å². The van der Waals surface area contributed by atoms with Gasteiger partial charge in [0.15, 0.2) is 17.7 Å². The zero-order valence-corrected chi connectivity index (χ0v) is 9.64. The van der Waals surface area contributed by atoms with Crippen LogP contribution in [0.3, 0.4) is 0 Å². The molecule has 17 heavy (non-hydrogen) atoms. The van der Waals surface area contributed by atoms with Crippen molar-refractivity contribution in [2.45, 2.75) is 18.9 Å². The molecule has 4 nitrogen and oxygen atoms in total. The highest BCUT2D eigenvalue weighted by Gasteiger charge is 2.28. The third-order valence-corrected chi connectivity index (χ3v) is 2.43. The molecule has 1 unspecified atom stereocenters. The van der Waals surface area contributed by atoms with Crippen molar-refractivity contribution in [2.24, 2.45) is 0 Å². The van der Waals surface area contributed by atoms with E-state index in [2.05, 4.69) is 9.72 Å². The number of aromatic nitrogens is 1. The molecule has 1 N–H and O–H groups in total. The van der Waals surface area contributed by atoms with Crippen LogP contribution in [0, 0.1) is 6.92 Å². The topological polar surface area (TPSA) is 59.4 Å². The van der Waals surface area contributed by atoms with E-state index in [1.54, 1.807) is 0 Å². The Hall–Kier alpha value is -1.15.